The van der Waals surface area contributed by atoms with E-state index < -0.39 is 10.2 Å². The minimum Gasteiger partial charge on any atom is -0.339 e. The third-order valence-corrected chi connectivity index (χ3v) is 7.69. The van der Waals surface area contributed by atoms with Crippen molar-refractivity contribution < 1.29 is 13.2 Å². The molecule has 0 N–H and O–H groups in total. The molecule has 0 aromatic carbocycles. The highest BCUT2D eigenvalue weighted by Gasteiger charge is 2.43. The molecule has 0 radical (unpaired) electrons. The second kappa shape index (κ2) is 7.27. The predicted molar refractivity (Wildman–Crippen MR) is 92.7 cm³/mol. The number of likely N-dealkylation sites (N-methyl/N-ethyl adjacent to an activating group) is 1. The maximum Gasteiger partial charge on any atom is 0.282 e. The van der Waals surface area contributed by atoms with E-state index in [9.17, 15) is 13.2 Å². The van der Waals surface area contributed by atoms with Crippen LogP contribution in [0.2, 0.25) is 0 Å². The largest absolute Gasteiger partial charge is 0.339 e. The first-order valence-corrected chi connectivity index (χ1v) is 10.6. The summed E-state index contributed by atoms with van der Waals surface area (Å²) in [6, 6.07) is 0.227. The molecule has 3 aliphatic heterocycles. The van der Waals surface area contributed by atoms with Crippen LogP contribution in [-0.4, -0.2) is 91.6 Å². The highest BCUT2D eigenvalue weighted by atomic mass is 32.2. The zero-order valence-corrected chi connectivity index (χ0v) is 15.7. The van der Waals surface area contributed by atoms with Gasteiger partial charge in [-0.05, 0) is 32.2 Å². The average Bonchev–Trinajstić information content (AvgIpc) is 2.57. The van der Waals surface area contributed by atoms with Gasteiger partial charge in [0.1, 0.15) is 0 Å². The molecule has 3 heterocycles. The summed E-state index contributed by atoms with van der Waals surface area (Å²) in [4.78, 5) is 16.3. The molecule has 0 aromatic heterocycles. The van der Waals surface area contributed by atoms with E-state index in [2.05, 4.69) is 11.8 Å². The highest BCUT2D eigenvalue weighted by molar-refractivity contribution is 7.86. The lowest BCUT2D eigenvalue weighted by molar-refractivity contribution is -0.140. The third kappa shape index (κ3) is 3.47. The first-order chi connectivity index (χ1) is 11.4. The molecule has 7 nitrogen and oxygen atoms in total. The van der Waals surface area contributed by atoms with Crippen molar-refractivity contribution in [2.75, 3.05) is 52.9 Å². The van der Waals surface area contributed by atoms with Gasteiger partial charge in [0.05, 0.1) is 0 Å². The minimum atomic E-state index is -3.37. The van der Waals surface area contributed by atoms with Crippen molar-refractivity contribution in [2.24, 2.45) is 5.92 Å². The molecular weight excluding hydrogens is 328 g/mol. The Kier molecular flexibility index (Phi) is 5.48. The van der Waals surface area contributed by atoms with Gasteiger partial charge in [0.15, 0.2) is 0 Å². The normalized spacial score (nSPS) is 31.2. The van der Waals surface area contributed by atoms with Crippen LogP contribution in [0.25, 0.3) is 0 Å². The summed E-state index contributed by atoms with van der Waals surface area (Å²) in [5.41, 5.74) is 0. The van der Waals surface area contributed by atoms with E-state index in [0.717, 1.165) is 38.9 Å². The molecule has 0 bridgehead atoms. The lowest BCUT2D eigenvalue weighted by Gasteiger charge is -2.47. The molecule has 3 fully saturated rings. The van der Waals surface area contributed by atoms with Crippen molar-refractivity contribution >= 4 is 16.1 Å². The fraction of sp³-hybridized carbons (Fsp3) is 0.938. The van der Waals surface area contributed by atoms with Gasteiger partial charge in [-0.25, -0.2) is 0 Å². The van der Waals surface area contributed by atoms with Gasteiger partial charge in [0.2, 0.25) is 5.91 Å². The van der Waals surface area contributed by atoms with E-state index in [1.807, 2.05) is 11.9 Å². The van der Waals surface area contributed by atoms with Crippen LogP contribution in [-0.2, 0) is 15.0 Å². The lowest BCUT2D eigenvalue weighted by atomic mass is 9.84. The van der Waals surface area contributed by atoms with E-state index in [-0.39, 0.29) is 17.9 Å². The first-order valence-electron chi connectivity index (χ1n) is 9.16. The van der Waals surface area contributed by atoms with Crippen molar-refractivity contribution in [2.45, 2.75) is 38.6 Å². The molecule has 1 amide bonds. The molecule has 0 unspecified atom stereocenters. The Bertz CT molecular complexity index is 560. The number of piperazine rings is 1. The number of carbonyl (C=O) groups is 1. The Morgan fingerprint density at radius 1 is 1.04 bits per heavy atom. The second-order valence-corrected chi connectivity index (χ2v) is 9.24. The van der Waals surface area contributed by atoms with E-state index >= 15 is 0 Å². The number of carbonyl (C=O) groups excluding carboxylic acids is 1. The fourth-order valence-corrected chi connectivity index (χ4v) is 5.91. The molecule has 3 rings (SSSR count). The number of piperidine rings is 2. The summed E-state index contributed by atoms with van der Waals surface area (Å²) in [6.07, 6.45) is 3.10. The maximum absolute atomic E-state index is 12.9. The van der Waals surface area contributed by atoms with Gasteiger partial charge in [-0.3, -0.25) is 4.79 Å². The van der Waals surface area contributed by atoms with Gasteiger partial charge in [0, 0.05) is 58.3 Å². The monoisotopic (exact) mass is 358 g/mol. The first kappa shape index (κ1) is 18.1. The standard InChI is InChI=1S/C16H30N4O3S/c1-3-7-20-15-6-8-19(13-14(15)4-5-16(20)21)24(22,23)18-11-9-17(2)10-12-18/h14-15H,3-13H2,1-2H3/t14-,15+/m0/s1. The van der Waals surface area contributed by atoms with Gasteiger partial charge >= 0.3 is 0 Å². The average molecular weight is 359 g/mol. The summed E-state index contributed by atoms with van der Waals surface area (Å²) in [5, 5.41) is 0. The summed E-state index contributed by atoms with van der Waals surface area (Å²) in [5.74, 6) is 0.527. The van der Waals surface area contributed by atoms with Crippen LogP contribution in [0.4, 0.5) is 0 Å². The predicted octanol–water partition coefficient (Wildman–Crippen LogP) is 0.202. The number of amides is 1. The van der Waals surface area contributed by atoms with Gasteiger partial charge in [-0.15, -0.1) is 0 Å². The van der Waals surface area contributed by atoms with Crippen molar-refractivity contribution in [1.82, 2.24) is 18.4 Å². The van der Waals surface area contributed by atoms with Crippen LogP contribution < -0.4 is 0 Å². The van der Waals surface area contributed by atoms with Crippen LogP contribution >= 0.6 is 0 Å². The molecule has 3 saturated heterocycles. The molecule has 24 heavy (non-hydrogen) atoms. The van der Waals surface area contributed by atoms with Crippen LogP contribution in [0.15, 0.2) is 0 Å². The Labute approximate surface area is 145 Å². The van der Waals surface area contributed by atoms with E-state index in [1.165, 1.54) is 0 Å². The van der Waals surface area contributed by atoms with Crippen molar-refractivity contribution in [3.8, 4) is 0 Å². The number of likely N-dealkylation sites (tertiary alicyclic amines) is 1. The summed E-state index contributed by atoms with van der Waals surface area (Å²) in [6.45, 7) is 6.70. The van der Waals surface area contributed by atoms with Crippen LogP contribution in [0.1, 0.15) is 32.6 Å². The number of hydrogen-bond acceptors (Lipinski definition) is 4. The molecule has 138 valence electrons. The number of hydrogen-bond donors (Lipinski definition) is 0. The molecule has 3 aliphatic rings. The topological polar surface area (TPSA) is 64.2 Å². The molecule has 2 atom stereocenters. The zero-order chi connectivity index (χ0) is 17.3. The maximum atomic E-state index is 12.9. The van der Waals surface area contributed by atoms with E-state index in [4.69, 9.17) is 0 Å². The Hall–Kier alpha value is -0.700. The van der Waals surface area contributed by atoms with Gasteiger partial charge in [-0.2, -0.15) is 17.0 Å². The summed E-state index contributed by atoms with van der Waals surface area (Å²) in [7, 11) is -1.34. The SMILES string of the molecule is CCCN1C(=O)CC[C@H]2CN(S(=O)(=O)N3CCN(C)CC3)CC[C@H]21. The van der Waals surface area contributed by atoms with Crippen molar-refractivity contribution in [3.63, 3.8) is 0 Å². The summed E-state index contributed by atoms with van der Waals surface area (Å²) >= 11 is 0. The van der Waals surface area contributed by atoms with Crippen LogP contribution in [0, 0.1) is 5.92 Å². The highest BCUT2D eigenvalue weighted by Crippen LogP contribution is 2.33. The minimum absolute atomic E-state index is 0.227. The van der Waals surface area contributed by atoms with Crippen molar-refractivity contribution in [1.29, 1.82) is 0 Å². The molecular formula is C16H30N4O3S. The lowest BCUT2D eigenvalue weighted by Crippen LogP contribution is -2.59. The second-order valence-electron chi connectivity index (χ2n) is 7.31. The number of fused-ring (bicyclic) bond motifs is 1. The number of nitrogens with zero attached hydrogens (tertiary/aromatic N) is 4. The van der Waals surface area contributed by atoms with Crippen LogP contribution in [0.3, 0.4) is 0 Å². The Balaban J connectivity index is 1.67. The number of rotatable bonds is 4. The zero-order valence-electron chi connectivity index (χ0n) is 14.9. The van der Waals surface area contributed by atoms with Crippen molar-refractivity contribution in [3.05, 3.63) is 0 Å². The third-order valence-electron chi connectivity index (χ3n) is 5.69. The molecule has 0 saturated carbocycles. The fourth-order valence-electron chi connectivity index (χ4n) is 4.24. The quantitative estimate of drug-likeness (QED) is 0.720. The summed E-state index contributed by atoms with van der Waals surface area (Å²) < 4.78 is 29.2. The van der Waals surface area contributed by atoms with Gasteiger partial charge in [0.25, 0.3) is 10.2 Å². The van der Waals surface area contributed by atoms with Gasteiger partial charge in [-0.1, -0.05) is 6.92 Å². The van der Waals surface area contributed by atoms with E-state index in [0.29, 0.717) is 32.6 Å². The molecule has 0 aliphatic carbocycles. The molecule has 8 heteroatoms. The molecule has 0 spiro atoms. The van der Waals surface area contributed by atoms with Gasteiger partial charge < -0.3 is 9.80 Å². The van der Waals surface area contributed by atoms with E-state index in [1.54, 1.807) is 8.61 Å². The molecule has 0 aromatic rings. The smallest absolute Gasteiger partial charge is 0.282 e. The Morgan fingerprint density at radius 3 is 2.42 bits per heavy atom. The van der Waals surface area contributed by atoms with Crippen LogP contribution in [0.5, 0.6) is 0 Å². The Morgan fingerprint density at radius 2 is 1.75 bits per heavy atom.